The molecule has 0 fully saturated rings. The second-order valence-corrected chi connectivity index (χ2v) is 5.88. The molecule has 20 heavy (non-hydrogen) atoms. The number of rotatable bonds is 7. The maximum absolute atomic E-state index is 4.36. The van der Waals surface area contributed by atoms with Crippen LogP contribution >= 0.6 is 15.9 Å². The van der Waals surface area contributed by atoms with E-state index in [1.54, 1.807) is 0 Å². The number of hydrogen-bond donors (Lipinski definition) is 1. The van der Waals surface area contributed by atoms with E-state index >= 15 is 0 Å². The first-order valence-corrected chi connectivity index (χ1v) is 7.99. The monoisotopic (exact) mass is 335 g/mol. The van der Waals surface area contributed by atoms with Crippen LogP contribution in [0.4, 0.5) is 0 Å². The van der Waals surface area contributed by atoms with Gasteiger partial charge >= 0.3 is 0 Å². The van der Waals surface area contributed by atoms with Gasteiger partial charge in [-0.25, -0.2) is 0 Å². The summed E-state index contributed by atoms with van der Waals surface area (Å²) in [5, 5.41) is 7.83. The van der Waals surface area contributed by atoms with Crippen LogP contribution in [0.3, 0.4) is 0 Å². The lowest BCUT2D eigenvalue weighted by molar-refractivity contribution is 0.594. The predicted molar refractivity (Wildman–Crippen MR) is 87.0 cm³/mol. The summed E-state index contributed by atoms with van der Waals surface area (Å²) in [6.45, 7) is 7.18. The van der Waals surface area contributed by atoms with Crippen LogP contribution in [0.25, 0.3) is 0 Å². The highest BCUT2D eigenvalue weighted by atomic mass is 79.9. The smallest absolute Gasteiger partial charge is 0.0521 e. The molecule has 1 heterocycles. The fourth-order valence-corrected chi connectivity index (χ4v) is 2.59. The van der Waals surface area contributed by atoms with Gasteiger partial charge in [0.2, 0.25) is 0 Å². The maximum Gasteiger partial charge on any atom is 0.0521 e. The van der Waals surface area contributed by atoms with Gasteiger partial charge in [-0.3, -0.25) is 4.68 Å². The molecule has 0 bridgehead atoms. The van der Waals surface area contributed by atoms with Crippen molar-refractivity contribution in [2.75, 3.05) is 13.1 Å². The summed E-state index contributed by atoms with van der Waals surface area (Å²) in [6, 6.07) is 8.64. The number of nitrogens with one attached hydrogen (secondary N) is 1. The molecular formula is C16H22BrN3. The summed E-state index contributed by atoms with van der Waals surface area (Å²) in [5.74, 6) is 0.484. The summed E-state index contributed by atoms with van der Waals surface area (Å²) < 4.78 is 3.11. The molecule has 0 spiro atoms. The van der Waals surface area contributed by atoms with Crippen LogP contribution in [-0.4, -0.2) is 22.9 Å². The molecule has 108 valence electrons. The normalized spacial score (nSPS) is 12.6. The molecule has 1 atom stereocenters. The maximum atomic E-state index is 4.36. The van der Waals surface area contributed by atoms with Gasteiger partial charge in [0.15, 0.2) is 0 Å². The second kappa shape index (κ2) is 7.60. The summed E-state index contributed by atoms with van der Waals surface area (Å²) in [4.78, 5) is 0. The number of benzene rings is 1. The Labute approximate surface area is 129 Å². The van der Waals surface area contributed by atoms with Crippen molar-refractivity contribution in [3.05, 3.63) is 52.3 Å². The van der Waals surface area contributed by atoms with E-state index in [2.05, 4.69) is 70.7 Å². The van der Waals surface area contributed by atoms with E-state index in [0.717, 1.165) is 30.5 Å². The zero-order valence-corrected chi connectivity index (χ0v) is 13.7. The van der Waals surface area contributed by atoms with Gasteiger partial charge in [-0.15, -0.1) is 0 Å². The second-order valence-electron chi connectivity index (χ2n) is 4.96. The topological polar surface area (TPSA) is 29.9 Å². The van der Waals surface area contributed by atoms with Gasteiger partial charge < -0.3 is 5.32 Å². The van der Waals surface area contributed by atoms with Crippen LogP contribution in [0, 0.1) is 0 Å². The molecule has 0 aliphatic rings. The molecule has 1 aromatic heterocycles. The molecule has 1 unspecified atom stereocenters. The van der Waals surface area contributed by atoms with Crippen LogP contribution in [0.1, 0.15) is 30.9 Å². The molecule has 1 N–H and O–H groups in total. The fourth-order valence-electron chi connectivity index (χ4n) is 2.33. The van der Waals surface area contributed by atoms with Crippen LogP contribution in [0.15, 0.2) is 41.1 Å². The van der Waals surface area contributed by atoms with Crippen molar-refractivity contribution in [3.63, 3.8) is 0 Å². The number of aromatic nitrogens is 2. The predicted octanol–water partition coefficient (Wildman–Crippen LogP) is 3.60. The Morgan fingerprint density at radius 3 is 2.60 bits per heavy atom. The average Bonchev–Trinajstić information content (AvgIpc) is 2.92. The van der Waals surface area contributed by atoms with E-state index < -0.39 is 0 Å². The summed E-state index contributed by atoms with van der Waals surface area (Å²) in [7, 11) is 0. The Morgan fingerprint density at radius 1 is 1.25 bits per heavy atom. The van der Waals surface area contributed by atoms with Gasteiger partial charge in [-0.1, -0.05) is 35.0 Å². The van der Waals surface area contributed by atoms with Crippen LogP contribution < -0.4 is 5.32 Å². The first-order chi connectivity index (χ1) is 9.72. The fraction of sp³-hybridized carbons (Fsp3) is 0.438. The van der Waals surface area contributed by atoms with E-state index in [4.69, 9.17) is 0 Å². The molecule has 0 amide bonds. The highest BCUT2D eigenvalue weighted by Crippen LogP contribution is 2.22. The largest absolute Gasteiger partial charge is 0.316 e. The number of hydrogen-bond acceptors (Lipinski definition) is 2. The van der Waals surface area contributed by atoms with E-state index in [-0.39, 0.29) is 0 Å². The average molecular weight is 336 g/mol. The molecule has 0 aliphatic carbocycles. The summed E-state index contributed by atoms with van der Waals surface area (Å²) in [5.41, 5.74) is 2.68. The molecule has 1 aromatic carbocycles. The van der Waals surface area contributed by atoms with E-state index in [9.17, 15) is 0 Å². The van der Waals surface area contributed by atoms with Gasteiger partial charge in [0.25, 0.3) is 0 Å². The number of halogens is 1. The molecule has 0 radical (unpaired) electrons. The molecule has 0 saturated heterocycles. The highest BCUT2D eigenvalue weighted by molar-refractivity contribution is 9.10. The third-order valence-electron chi connectivity index (χ3n) is 3.47. The molecule has 3 nitrogen and oxygen atoms in total. The number of aryl methyl sites for hydroxylation is 1. The third kappa shape index (κ3) is 4.18. The SMILES string of the molecule is CCNCC(Cc1cnn(CC)c1)c1ccc(Br)cc1. The minimum Gasteiger partial charge on any atom is -0.316 e. The molecule has 2 aromatic rings. The van der Waals surface area contributed by atoms with Crippen molar-refractivity contribution in [1.82, 2.24) is 15.1 Å². The van der Waals surface area contributed by atoms with Crippen molar-refractivity contribution < 1.29 is 0 Å². The Balaban J connectivity index is 2.12. The summed E-state index contributed by atoms with van der Waals surface area (Å²) >= 11 is 3.50. The molecule has 0 aliphatic heterocycles. The molecule has 4 heteroatoms. The van der Waals surface area contributed by atoms with E-state index in [1.165, 1.54) is 11.1 Å². The van der Waals surface area contributed by atoms with Crippen molar-refractivity contribution in [1.29, 1.82) is 0 Å². The Morgan fingerprint density at radius 2 is 2.00 bits per heavy atom. The minimum atomic E-state index is 0.484. The first kappa shape index (κ1) is 15.3. The van der Waals surface area contributed by atoms with Gasteiger partial charge in [0.1, 0.15) is 0 Å². The number of nitrogens with zero attached hydrogens (tertiary/aromatic N) is 2. The van der Waals surface area contributed by atoms with Crippen molar-refractivity contribution in [2.45, 2.75) is 32.7 Å². The van der Waals surface area contributed by atoms with Gasteiger partial charge in [-0.05, 0) is 43.1 Å². The third-order valence-corrected chi connectivity index (χ3v) is 4.00. The molecular weight excluding hydrogens is 314 g/mol. The Kier molecular flexibility index (Phi) is 5.80. The molecule has 2 rings (SSSR count). The van der Waals surface area contributed by atoms with Crippen LogP contribution in [0.5, 0.6) is 0 Å². The minimum absolute atomic E-state index is 0.484. The Hall–Kier alpha value is -1.13. The van der Waals surface area contributed by atoms with E-state index in [0.29, 0.717) is 5.92 Å². The van der Waals surface area contributed by atoms with Crippen molar-refractivity contribution >= 4 is 15.9 Å². The van der Waals surface area contributed by atoms with Gasteiger partial charge in [-0.2, -0.15) is 5.10 Å². The highest BCUT2D eigenvalue weighted by Gasteiger charge is 2.13. The summed E-state index contributed by atoms with van der Waals surface area (Å²) in [6.07, 6.45) is 5.16. The molecule has 0 saturated carbocycles. The quantitative estimate of drug-likeness (QED) is 0.837. The number of likely N-dealkylation sites (N-methyl/N-ethyl adjacent to an activating group) is 1. The lowest BCUT2D eigenvalue weighted by Gasteiger charge is -2.17. The zero-order chi connectivity index (χ0) is 14.4. The van der Waals surface area contributed by atoms with E-state index in [1.807, 2.05) is 10.9 Å². The standard InChI is InChI=1S/C16H22BrN3/c1-3-18-11-15(14-5-7-16(17)8-6-14)9-13-10-19-20(4-2)12-13/h5-8,10,12,15,18H,3-4,9,11H2,1-2H3. The van der Waals surface area contributed by atoms with Crippen LogP contribution in [0.2, 0.25) is 0 Å². The first-order valence-electron chi connectivity index (χ1n) is 7.20. The van der Waals surface area contributed by atoms with Crippen LogP contribution in [-0.2, 0) is 13.0 Å². The zero-order valence-electron chi connectivity index (χ0n) is 12.1. The van der Waals surface area contributed by atoms with Gasteiger partial charge in [0, 0.05) is 29.7 Å². The van der Waals surface area contributed by atoms with Crippen molar-refractivity contribution in [2.24, 2.45) is 0 Å². The lowest BCUT2D eigenvalue weighted by atomic mass is 9.93. The Bertz CT molecular complexity index is 519. The lowest BCUT2D eigenvalue weighted by Crippen LogP contribution is -2.22. The van der Waals surface area contributed by atoms with Crippen molar-refractivity contribution in [3.8, 4) is 0 Å². The van der Waals surface area contributed by atoms with Gasteiger partial charge in [0.05, 0.1) is 6.20 Å².